The number of carbonyl (C=O) groups excluding carboxylic acids is 1. The number of aryl methyl sites for hydroxylation is 2. The van der Waals surface area contributed by atoms with Gasteiger partial charge in [0.2, 0.25) is 0 Å². The number of amides is 2. The first-order chi connectivity index (χ1) is 9.45. The number of carbonyl (C=O) groups is 1. The quantitative estimate of drug-likeness (QED) is 0.896. The van der Waals surface area contributed by atoms with Gasteiger partial charge < -0.3 is 19.5 Å². The van der Waals surface area contributed by atoms with E-state index in [4.69, 9.17) is 8.83 Å². The standard InChI is InChI=1S/C15H20N2O3/c1-9-5-7-13(19-9)11(3)16-15(18)17-12(4)14-8-6-10(2)20-14/h5-8,11-12H,1-4H3,(H2,16,17,18). The predicted molar refractivity (Wildman–Crippen MR) is 75.4 cm³/mol. The van der Waals surface area contributed by atoms with Crippen molar-refractivity contribution in [2.45, 2.75) is 39.8 Å². The third kappa shape index (κ3) is 3.44. The van der Waals surface area contributed by atoms with Crippen molar-refractivity contribution in [3.63, 3.8) is 0 Å². The van der Waals surface area contributed by atoms with E-state index in [1.807, 2.05) is 52.0 Å². The molecule has 2 heterocycles. The maximum absolute atomic E-state index is 11.9. The van der Waals surface area contributed by atoms with Crippen LogP contribution < -0.4 is 10.6 Å². The molecule has 2 N–H and O–H groups in total. The van der Waals surface area contributed by atoms with Crippen LogP contribution in [0.15, 0.2) is 33.1 Å². The van der Waals surface area contributed by atoms with Crippen molar-refractivity contribution in [1.82, 2.24) is 10.6 Å². The molecule has 5 nitrogen and oxygen atoms in total. The van der Waals surface area contributed by atoms with Gasteiger partial charge in [0.15, 0.2) is 0 Å². The zero-order valence-electron chi connectivity index (χ0n) is 12.2. The van der Waals surface area contributed by atoms with Crippen molar-refractivity contribution < 1.29 is 13.6 Å². The molecule has 0 aliphatic rings. The average Bonchev–Trinajstić information content (AvgIpc) is 2.97. The lowest BCUT2D eigenvalue weighted by atomic mass is 10.2. The normalized spacial score (nSPS) is 13.8. The second-order valence-corrected chi connectivity index (χ2v) is 4.96. The van der Waals surface area contributed by atoms with E-state index in [9.17, 15) is 4.79 Å². The van der Waals surface area contributed by atoms with E-state index in [1.165, 1.54) is 0 Å². The summed E-state index contributed by atoms with van der Waals surface area (Å²) in [6, 6.07) is 6.84. The third-order valence-electron chi connectivity index (χ3n) is 3.07. The Hall–Kier alpha value is -2.17. The largest absolute Gasteiger partial charge is 0.464 e. The second-order valence-electron chi connectivity index (χ2n) is 4.96. The lowest BCUT2D eigenvalue weighted by Crippen LogP contribution is -2.38. The van der Waals surface area contributed by atoms with E-state index >= 15 is 0 Å². The van der Waals surface area contributed by atoms with Crippen molar-refractivity contribution >= 4 is 6.03 Å². The maximum atomic E-state index is 11.9. The van der Waals surface area contributed by atoms with Crippen molar-refractivity contribution in [3.8, 4) is 0 Å². The first-order valence-electron chi connectivity index (χ1n) is 6.65. The number of hydrogen-bond acceptors (Lipinski definition) is 3. The van der Waals surface area contributed by atoms with Crippen LogP contribution in [0.5, 0.6) is 0 Å². The molecule has 0 saturated heterocycles. The number of urea groups is 1. The van der Waals surface area contributed by atoms with Gasteiger partial charge in [-0.3, -0.25) is 0 Å². The summed E-state index contributed by atoms with van der Waals surface area (Å²) >= 11 is 0. The summed E-state index contributed by atoms with van der Waals surface area (Å²) < 4.78 is 11.0. The van der Waals surface area contributed by atoms with Gasteiger partial charge in [-0.15, -0.1) is 0 Å². The minimum absolute atomic E-state index is 0.186. The molecule has 5 heteroatoms. The van der Waals surface area contributed by atoms with Crippen LogP contribution in [0.4, 0.5) is 4.79 Å². The smallest absolute Gasteiger partial charge is 0.315 e. The van der Waals surface area contributed by atoms with Crippen LogP contribution in [0.2, 0.25) is 0 Å². The van der Waals surface area contributed by atoms with Crippen LogP contribution in [0.1, 0.15) is 49.0 Å². The Morgan fingerprint density at radius 2 is 1.30 bits per heavy atom. The first kappa shape index (κ1) is 14.2. The Bertz CT molecular complexity index is 535. The molecule has 0 aromatic carbocycles. The molecule has 2 aromatic heterocycles. The van der Waals surface area contributed by atoms with E-state index in [0.29, 0.717) is 0 Å². The summed E-state index contributed by atoms with van der Waals surface area (Å²) in [6.45, 7) is 7.49. The maximum Gasteiger partial charge on any atom is 0.315 e. The van der Waals surface area contributed by atoms with Crippen LogP contribution in [0, 0.1) is 13.8 Å². The molecular formula is C15H20N2O3. The van der Waals surface area contributed by atoms with Crippen molar-refractivity contribution in [1.29, 1.82) is 0 Å². The molecule has 0 spiro atoms. The average molecular weight is 276 g/mol. The highest BCUT2D eigenvalue weighted by molar-refractivity contribution is 5.74. The first-order valence-corrected chi connectivity index (χ1v) is 6.65. The fraction of sp³-hybridized carbons (Fsp3) is 0.400. The summed E-state index contributed by atoms with van der Waals surface area (Å²) in [5.74, 6) is 3.13. The Morgan fingerprint density at radius 3 is 1.60 bits per heavy atom. The van der Waals surface area contributed by atoms with Crippen LogP contribution in [-0.4, -0.2) is 6.03 Å². The number of nitrogens with one attached hydrogen (secondary N) is 2. The van der Waals surface area contributed by atoms with Crippen molar-refractivity contribution in [2.24, 2.45) is 0 Å². The highest BCUT2D eigenvalue weighted by Gasteiger charge is 2.16. The fourth-order valence-electron chi connectivity index (χ4n) is 1.95. The van der Waals surface area contributed by atoms with Crippen molar-refractivity contribution in [2.75, 3.05) is 0 Å². The van der Waals surface area contributed by atoms with Crippen LogP contribution in [0.3, 0.4) is 0 Å². The zero-order valence-corrected chi connectivity index (χ0v) is 12.2. The molecule has 0 bridgehead atoms. The number of furan rings is 2. The van der Waals surface area contributed by atoms with Crippen LogP contribution in [-0.2, 0) is 0 Å². The van der Waals surface area contributed by atoms with Gasteiger partial charge in [-0.2, -0.15) is 0 Å². The Morgan fingerprint density at radius 1 is 0.900 bits per heavy atom. The van der Waals surface area contributed by atoms with Gasteiger partial charge in [-0.25, -0.2) is 4.79 Å². The van der Waals surface area contributed by atoms with Crippen molar-refractivity contribution in [3.05, 3.63) is 47.3 Å². The Balaban J connectivity index is 1.89. The van der Waals surface area contributed by atoms with E-state index in [0.717, 1.165) is 23.0 Å². The van der Waals surface area contributed by atoms with Crippen LogP contribution >= 0.6 is 0 Å². The SMILES string of the molecule is Cc1ccc(C(C)NC(=O)NC(C)c2ccc(C)o2)o1. The monoisotopic (exact) mass is 276 g/mol. The van der Waals surface area contributed by atoms with Gasteiger partial charge >= 0.3 is 6.03 Å². The summed E-state index contributed by atoms with van der Waals surface area (Å²) in [4.78, 5) is 11.9. The zero-order chi connectivity index (χ0) is 14.7. The van der Waals surface area contributed by atoms with Crippen LogP contribution in [0.25, 0.3) is 0 Å². The molecule has 0 aliphatic heterocycles. The number of rotatable bonds is 4. The predicted octanol–water partition coefficient (Wildman–Crippen LogP) is 3.61. The van der Waals surface area contributed by atoms with Gasteiger partial charge in [0, 0.05) is 0 Å². The number of hydrogen-bond donors (Lipinski definition) is 2. The molecule has 0 radical (unpaired) electrons. The van der Waals surface area contributed by atoms with E-state index in [2.05, 4.69) is 10.6 Å². The molecular weight excluding hydrogens is 256 g/mol. The molecule has 2 atom stereocenters. The van der Waals surface area contributed by atoms with Gasteiger partial charge in [-0.05, 0) is 52.0 Å². The van der Waals surface area contributed by atoms with E-state index in [-0.39, 0.29) is 18.1 Å². The highest BCUT2D eigenvalue weighted by Crippen LogP contribution is 2.17. The highest BCUT2D eigenvalue weighted by atomic mass is 16.3. The molecule has 2 rings (SSSR count). The van der Waals surface area contributed by atoms with E-state index < -0.39 is 0 Å². The molecule has 0 saturated carbocycles. The molecule has 2 aromatic rings. The molecule has 108 valence electrons. The Kier molecular flexibility index (Phi) is 4.17. The summed E-state index contributed by atoms with van der Waals surface area (Å²) in [5.41, 5.74) is 0. The third-order valence-corrected chi connectivity index (χ3v) is 3.07. The minimum atomic E-state index is -0.256. The second kappa shape index (κ2) is 5.86. The fourth-order valence-corrected chi connectivity index (χ4v) is 1.95. The lowest BCUT2D eigenvalue weighted by Gasteiger charge is -2.15. The van der Waals surface area contributed by atoms with Gasteiger partial charge in [0.25, 0.3) is 0 Å². The van der Waals surface area contributed by atoms with E-state index in [1.54, 1.807) is 0 Å². The summed E-state index contributed by atoms with van der Waals surface area (Å²) in [5, 5.41) is 5.66. The van der Waals surface area contributed by atoms with Gasteiger partial charge in [-0.1, -0.05) is 0 Å². The molecule has 2 unspecified atom stereocenters. The lowest BCUT2D eigenvalue weighted by molar-refractivity contribution is 0.231. The summed E-state index contributed by atoms with van der Waals surface area (Å²) in [7, 11) is 0. The molecule has 2 amide bonds. The summed E-state index contributed by atoms with van der Waals surface area (Å²) in [6.07, 6.45) is 0. The molecule has 20 heavy (non-hydrogen) atoms. The molecule has 0 aliphatic carbocycles. The minimum Gasteiger partial charge on any atom is -0.464 e. The Labute approximate surface area is 118 Å². The topological polar surface area (TPSA) is 67.4 Å². The molecule has 0 fully saturated rings. The van der Waals surface area contributed by atoms with Gasteiger partial charge in [0.1, 0.15) is 23.0 Å². The van der Waals surface area contributed by atoms with Gasteiger partial charge in [0.05, 0.1) is 12.1 Å².